The lowest BCUT2D eigenvalue weighted by atomic mass is 9.84. The summed E-state index contributed by atoms with van der Waals surface area (Å²) in [5.74, 6) is -2.37. The monoisotopic (exact) mass is 382 g/mol. The van der Waals surface area contributed by atoms with Crippen molar-refractivity contribution in [2.45, 2.75) is 51.1 Å². The SMILES string of the molecule is CC(=O)OC12Oc3cc(C(C)C)ccc3C1(OC(C)=O)C(O)c1ccccc12. The van der Waals surface area contributed by atoms with Gasteiger partial charge in [-0.3, -0.25) is 9.59 Å². The number of ether oxygens (including phenoxy) is 3. The van der Waals surface area contributed by atoms with Gasteiger partial charge in [-0.05, 0) is 23.1 Å². The summed E-state index contributed by atoms with van der Waals surface area (Å²) in [6.07, 6.45) is -1.27. The second-order valence-electron chi connectivity index (χ2n) is 7.54. The van der Waals surface area contributed by atoms with Crippen molar-refractivity contribution in [3.05, 3.63) is 64.7 Å². The molecule has 0 radical (unpaired) electrons. The molecule has 0 spiro atoms. The van der Waals surface area contributed by atoms with Crippen LogP contribution in [0.2, 0.25) is 0 Å². The number of aliphatic hydroxyl groups is 1. The largest absolute Gasteiger partial charge is 0.444 e. The van der Waals surface area contributed by atoms with Crippen molar-refractivity contribution < 1.29 is 28.9 Å². The van der Waals surface area contributed by atoms with Crippen molar-refractivity contribution >= 4 is 11.9 Å². The summed E-state index contributed by atoms with van der Waals surface area (Å²) in [4.78, 5) is 24.2. The van der Waals surface area contributed by atoms with Gasteiger partial charge in [-0.1, -0.05) is 50.2 Å². The molecule has 6 nitrogen and oxygen atoms in total. The molecule has 2 aliphatic rings. The number of carbonyl (C=O) groups excluding carboxylic acids is 2. The Balaban J connectivity index is 2.04. The number of aliphatic hydroxyl groups excluding tert-OH is 1. The van der Waals surface area contributed by atoms with Crippen LogP contribution in [0.1, 0.15) is 62.0 Å². The van der Waals surface area contributed by atoms with Gasteiger partial charge in [-0.15, -0.1) is 0 Å². The minimum Gasteiger partial charge on any atom is -0.444 e. The first-order valence-electron chi connectivity index (χ1n) is 9.23. The van der Waals surface area contributed by atoms with Crippen molar-refractivity contribution in [2.75, 3.05) is 0 Å². The summed E-state index contributed by atoms with van der Waals surface area (Å²) in [6, 6.07) is 12.4. The Labute approximate surface area is 163 Å². The smallest absolute Gasteiger partial charge is 0.329 e. The quantitative estimate of drug-likeness (QED) is 0.819. The Bertz CT molecular complexity index is 981. The Hall–Kier alpha value is -2.86. The van der Waals surface area contributed by atoms with Crippen LogP contribution < -0.4 is 4.74 Å². The van der Waals surface area contributed by atoms with E-state index in [2.05, 4.69) is 0 Å². The van der Waals surface area contributed by atoms with Crippen molar-refractivity contribution in [1.29, 1.82) is 0 Å². The van der Waals surface area contributed by atoms with Crippen LogP contribution in [0, 0.1) is 0 Å². The predicted molar refractivity (Wildman–Crippen MR) is 99.4 cm³/mol. The highest BCUT2D eigenvalue weighted by Gasteiger charge is 2.76. The first-order chi connectivity index (χ1) is 13.2. The zero-order valence-electron chi connectivity index (χ0n) is 16.2. The zero-order valence-corrected chi connectivity index (χ0v) is 16.2. The molecule has 2 aromatic carbocycles. The minimum absolute atomic E-state index is 0.237. The molecule has 28 heavy (non-hydrogen) atoms. The Morgan fingerprint density at radius 1 is 1.04 bits per heavy atom. The van der Waals surface area contributed by atoms with E-state index in [0.29, 0.717) is 22.4 Å². The Morgan fingerprint density at radius 2 is 1.71 bits per heavy atom. The van der Waals surface area contributed by atoms with Gasteiger partial charge in [0.05, 0.1) is 0 Å². The Morgan fingerprint density at radius 3 is 2.36 bits per heavy atom. The first kappa shape index (κ1) is 18.5. The van der Waals surface area contributed by atoms with Crippen molar-refractivity contribution in [3.63, 3.8) is 0 Å². The van der Waals surface area contributed by atoms with Gasteiger partial charge < -0.3 is 19.3 Å². The molecule has 3 atom stereocenters. The maximum Gasteiger partial charge on any atom is 0.329 e. The van der Waals surface area contributed by atoms with Crippen LogP contribution in [0.15, 0.2) is 42.5 Å². The standard InChI is InChI=1S/C22H22O6/c1-12(2)15-9-10-18-19(11-15)28-22(27-14(4)24)17-8-6-5-7-16(17)20(25)21(18,22)26-13(3)23/h5-12,20,25H,1-4H3. The molecule has 0 fully saturated rings. The van der Waals surface area contributed by atoms with Crippen LogP contribution in [0.4, 0.5) is 0 Å². The topological polar surface area (TPSA) is 82.1 Å². The third-order valence-electron chi connectivity index (χ3n) is 5.40. The van der Waals surface area contributed by atoms with Gasteiger partial charge in [-0.25, -0.2) is 0 Å². The van der Waals surface area contributed by atoms with Crippen molar-refractivity contribution in [1.82, 2.24) is 0 Å². The third-order valence-corrected chi connectivity index (χ3v) is 5.40. The van der Waals surface area contributed by atoms with Crippen LogP contribution in [-0.4, -0.2) is 17.0 Å². The molecular formula is C22H22O6. The van der Waals surface area contributed by atoms with E-state index in [1.807, 2.05) is 26.0 Å². The predicted octanol–water partition coefficient (Wildman–Crippen LogP) is 3.42. The van der Waals surface area contributed by atoms with Gasteiger partial charge in [0.15, 0.2) is 0 Å². The van der Waals surface area contributed by atoms with E-state index in [0.717, 1.165) is 5.56 Å². The molecule has 0 aromatic heterocycles. The molecule has 1 aliphatic carbocycles. The fourth-order valence-corrected chi connectivity index (χ4v) is 4.29. The fraction of sp³-hybridized carbons (Fsp3) is 0.364. The molecule has 0 saturated heterocycles. The van der Waals surface area contributed by atoms with Gasteiger partial charge >= 0.3 is 17.7 Å². The number of rotatable bonds is 3. The summed E-state index contributed by atoms with van der Waals surface area (Å²) < 4.78 is 17.7. The van der Waals surface area contributed by atoms with Crippen LogP contribution in [0.5, 0.6) is 5.75 Å². The highest BCUT2D eigenvalue weighted by Crippen LogP contribution is 2.66. The maximum absolute atomic E-state index is 12.1. The van der Waals surface area contributed by atoms with Gasteiger partial charge in [0.2, 0.25) is 0 Å². The number of esters is 2. The number of benzene rings is 2. The molecule has 3 unspecified atom stereocenters. The Kier molecular flexibility index (Phi) is 4.01. The lowest BCUT2D eigenvalue weighted by molar-refractivity contribution is -0.288. The lowest BCUT2D eigenvalue weighted by Gasteiger charge is -2.38. The number of hydrogen-bond acceptors (Lipinski definition) is 6. The van der Waals surface area contributed by atoms with Crippen molar-refractivity contribution in [2.24, 2.45) is 0 Å². The van der Waals surface area contributed by atoms with E-state index in [-0.39, 0.29) is 5.92 Å². The maximum atomic E-state index is 12.1. The van der Waals surface area contributed by atoms with Crippen LogP contribution in [-0.2, 0) is 30.5 Å². The van der Waals surface area contributed by atoms with Gasteiger partial charge in [0, 0.05) is 25.0 Å². The minimum atomic E-state index is -1.79. The lowest BCUT2D eigenvalue weighted by Crippen LogP contribution is -2.53. The number of hydrogen-bond donors (Lipinski definition) is 1. The highest BCUT2D eigenvalue weighted by atomic mass is 16.8. The molecule has 146 valence electrons. The average molecular weight is 382 g/mol. The van der Waals surface area contributed by atoms with Gasteiger partial charge in [-0.2, -0.15) is 0 Å². The number of carbonyl (C=O) groups is 2. The van der Waals surface area contributed by atoms with E-state index in [1.54, 1.807) is 30.3 Å². The number of fused-ring (bicyclic) bond motifs is 5. The van der Waals surface area contributed by atoms with Crippen LogP contribution >= 0.6 is 0 Å². The van der Waals surface area contributed by atoms with E-state index in [9.17, 15) is 14.7 Å². The second kappa shape index (κ2) is 6.07. The summed E-state index contributed by atoms with van der Waals surface area (Å²) in [7, 11) is 0. The fourth-order valence-electron chi connectivity index (χ4n) is 4.29. The molecule has 1 heterocycles. The average Bonchev–Trinajstić information content (AvgIpc) is 2.99. The van der Waals surface area contributed by atoms with Crippen LogP contribution in [0.25, 0.3) is 0 Å². The van der Waals surface area contributed by atoms with Crippen LogP contribution in [0.3, 0.4) is 0 Å². The molecule has 1 aliphatic heterocycles. The summed E-state index contributed by atoms with van der Waals surface area (Å²) in [6.45, 7) is 6.60. The summed E-state index contributed by atoms with van der Waals surface area (Å²) in [5, 5.41) is 11.3. The highest BCUT2D eigenvalue weighted by molar-refractivity contribution is 5.72. The van der Waals surface area contributed by atoms with E-state index >= 15 is 0 Å². The second-order valence-corrected chi connectivity index (χ2v) is 7.54. The summed E-state index contributed by atoms with van der Waals surface area (Å²) in [5.41, 5.74) is 0.707. The normalized spacial score (nSPS) is 26.9. The molecule has 0 bridgehead atoms. The van der Waals surface area contributed by atoms with E-state index in [4.69, 9.17) is 14.2 Å². The zero-order chi connectivity index (χ0) is 20.3. The molecular weight excluding hydrogens is 360 g/mol. The molecule has 1 N–H and O–H groups in total. The van der Waals surface area contributed by atoms with E-state index < -0.39 is 29.4 Å². The van der Waals surface area contributed by atoms with Gasteiger partial charge in [0.25, 0.3) is 5.60 Å². The van der Waals surface area contributed by atoms with E-state index in [1.165, 1.54) is 13.8 Å². The molecule has 2 aromatic rings. The summed E-state index contributed by atoms with van der Waals surface area (Å²) >= 11 is 0. The van der Waals surface area contributed by atoms with Gasteiger partial charge in [0.1, 0.15) is 11.9 Å². The molecule has 6 heteroatoms. The molecule has 0 amide bonds. The molecule has 4 rings (SSSR count). The third kappa shape index (κ3) is 2.24. The molecule has 0 saturated carbocycles. The first-order valence-corrected chi connectivity index (χ1v) is 9.23. The van der Waals surface area contributed by atoms with Crippen molar-refractivity contribution in [3.8, 4) is 5.75 Å².